The molecule has 0 aliphatic carbocycles. The Morgan fingerprint density at radius 2 is 1.71 bits per heavy atom. The van der Waals surface area contributed by atoms with Crippen LogP contribution in [0.1, 0.15) is 30.8 Å². The van der Waals surface area contributed by atoms with Crippen LogP contribution in [0.3, 0.4) is 0 Å². The van der Waals surface area contributed by atoms with E-state index in [0.29, 0.717) is 45.0 Å². The Kier molecular flexibility index (Phi) is 7.85. The van der Waals surface area contributed by atoms with Crippen LogP contribution in [0, 0.1) is 0 Å². The van der Waals surface area contributed by atoms with E-state index in [2.05, 4.69) is 10.1 Å². The van der Waals surface area contributed by atoms with Gasteiger partial charge in [0.05, 0.1) is 28.5 Å². The maximum Gasteiger partial charge on any atom is 0.291 e. The van der Waals surface area contributed by atoms with Gasteiger partial charge in [0.2, 0.25) is 4.96 Å². The molecule has 0 atom stereocenters. The average molecular weight is 596 g/mol. The lowest BCUT2D eigenvalue weighted by Gasteiger charge is -2.07. The number of benzene rings is 3. The summed E-state index contributed by atoms with van der Waals surface area (Å²) >= 11 is 7.79. The highest BCUT2D eigenvalue weighted by molar-refractivity contribution is 7.15. The summed E-state index contributed by atoms with van der Waals surface area (Å²) in [6.45, 7) is 4.99. The molecule has 0 unspecified atom stereocenters. The number of aromatic nitrogens is 5. The molecule has 3 heterocycles. The molecule has 0 saturated carbocycles. The van der Waals surface area contributed by atoms with E-state index in [1.165, 1.54) is 15.9 Å². The van der Waals surface area contributed by atoms with Crippen molar-refractivity contribution in [3.05, 3.63) is 116 Å². The van der Waals surface area contributed by atoms with E-state index in [1.54, 1.807) is 10.8 Å². The van der Waals surface area contributed by atoms with Gasteiger partial charge in [0, 0.05) is 17.3 Å². The minimum Gasteiger partial charge on any atom is -0.494 e. The fraction of sp³-hybridized carbons (Fsp3) is 0.125. The molecule has 210 valence electrons. The number of hydrogen-bond donors (Lipinski definition) is 0. The Labute approximate surface area is 250 Å². The molecule has 3 aromatic carbocycles. The van der Waals surface area contributed by atoms with E-state index in [-0.39, 0.29) is 5.56 Å². The topological polar surface area (TPSA) is 83.5 Å². The van der Waals surface area contributed by atoms with Crippen molar-refractivity contribution >= 4 is 46.1 Å². The first kappa shape index (κ1) is 27.4. The Morgan fingerprint density at radius 1 is 0.929 bits per heavy atom. The van der Waals surface area contributed by atoms with E-state index in [1.807, 2.05) is 105 Å². The molecule has 42 heavy (non-hydrogen) atoms. The minimum atomic E-state index is -0.244. The van der Waals surface area contributed by atoms with Gasteiger partial charge in [0.15, 0.2) is 5.82 Å². The predicted molar refractivity (Wildman–Crippen MR) is 168 cm³/mol. The molecule has 6 rings (SSSR count). The second-order valence-corrected chi connectivity index (χ2v) is 10.6. The van der Waals surface area contributed by atoms with Gasteiger partial charge in [-0.05, 0) is 74.0 Å². The summed E-state index contributed by atoms with van der Waals surface area (Å²) in [5.41, 5.74) is 3.87. The third kappa shape index (κ3) is 5.70. The van der Waals surface area contributed by atoms with Crippen molar-refractivity contribution in [3.8, 4) is 28.4 Å². The van der Waals surface area contributed by atoms with Gasteiger partial charge < -0.3 is 9.47 Å². The van der Waals surface area contributed by atoms with E-state index < -0.39 is 0 Å². The van der Waals surface area contributed by atoms with Crippen LogP contribution >= 0.6 is 22.9 Å². The predicted octanol–water partition coefficient (Wildman–Crippen LogP) is 6.17. The van der Waals surface area contributed by atoms with Gasteiger partial charge in [0.1, 0.15) is 17.2 Å². The van der Waals surface area contributed by atoms with Crippen molar-refractivity contribution < 1.29 is 9.47 Å². The number of hydrogen-bond acceptors (Lipinski definition) is 7. The van der Waals surface area contributed by atoms with Crippen LogP contribution in [0.2, 0.25) is 5.02 Å². The molecule has 10 heteroatoms. The molecular weight excluding hydrogens is 570 g/mol. The fourth-order valence-corrected chi connectivity index (χ4v) is 5.57. The smallest absolute Gasteiger partial charge is 0.291 e. The number of fused-ring (bicyclic) bond motifs is 1. The number of para-hydroxylation sites is 1. The van der Waals surface area contributed by atoms with Crippen LogP contribution in [0.4, 0.5) is 0 Å². The Hall–Kier alpha value is -4.73. The van der Waals surface area contributed by atoms with Crippen molar-refractivity contribution in [1.29, 1.82) is 0 Å². The number of nitrogens with zero attached hydrogens (tertiary/aromatic N) is 5. The van der Waals surface area contributed by atoms with Crippen LogP contribution in [0.15, 0.2) is 83.8 Å². The summed E-state index contributed by atoms with van der Waals surface area (Å²) in [6, 6.07) is 23.1. The number of thiazole rings is 1. The van der Waals surface area contributed by atoms with Crippen molar-refractivity contribution in [2.75, 3.05) is 13.2 Å². The Bertz CT molecular complexity index is 2000. The highest BCUT2D eigenvalue weighted by Crippen LogP contribution is 2.32. The normalized spacial score (nSPS) is 12.0. The number of rotatable bonds is 9. The van der Waals surface area contributed by atoms with Gasteiger partial charge in [-0.1, -0.05) is 59.3 Å². The molecule has 0 radical (unpaired) electrons. The van der Waals surface area contributed by atoms with Crippen LogP contribution in [0.5, 0.6) is 11.5 Å². The first-order valence-corrected chi connectivity index (χ1v) is 14.6. The zero-order valence-electron chi connectivity index (χ0n) is 22.9. The second kappa shape index (κ2) is 12.0. The molecule has 3 aromatic heterocycles. The van der Waals surface area contributed by atoms with E-state index in [9.17, 15) is 4.79 Å². The average Bonchev–Trinajstić information content (AvgIpc) is 3.69. The van der Waals surface area contributed by atoms with Crippen molar-refractivity contribution in [2.24, 2.45) is 0 Å². The van der Waals surface area contributed by atoms with Crippen LogP contribution in [-0.2, 0) is 0 Å². The Morgan fingerprint density at radius 3 is 2.43 bits per heavy atom. The maximum absolute atomic E-state index is 13.4. The van der Waals surface area contributed by atoms with Crippen molar-refractivity contribution in [3.63, 3.8) is 0 Å². The third-order valence-electron chi connectivity index (χ3n) is 6.37. The summed E-state index contributed by atoms with van der Waals surface area (Å²) in [6.07, 6.45) is 7.41. The van der Waals surface area contributed by atoms with E-state index >= 15 is 0 Å². The second-order valence-electron chi connectivity index (χ2n) is 9.21. The lowest BCUT2D eigenvalue weighted by molar-refractivity contribution is 0.340. The van der Waals surface area contributed by atoms with Gasteiger partial charge in [-0.25, -0.2) is 4.68 Å². The molecule has 0 spiro atoms. The molecule has 0 fully saturated rings. The van der Waals surface area contributed by atoms with Crippen molar-refractivity contribution in [1.82, 2.24) is 24.4 Å². The molecule has 0 N–H and O–H groups in total. The zero-order valence-corrected chi connectivity index (χ0v) is 24.5. The van der Waals surface area contributed by atoms with Gasteiger partial charge in [-0.15, -0.1) is 5.10 Å². The summed E-state index contributed by atoms with van der Waals surface area (Å²) in [5.74, 6) is 1.88. The summed E-state index contributed by atoms with van der Waals surface area (Å²) < 4.78 is 14.7. The first-order chi connectivity index (χ1) is 20.5. The van der Waals surface area contributed by atoms with Crippen LogP contribution in [0.25, 0.3) is 40.1 Å². The number of ether oxygens (including phenoxy) is 2. The minimum absolute atomic E-state index is 0.244. The molecule has 6 aromatic rings. The monoisotopic (exact) mass is 595 g/mol. The van der Waals surface area contributed by atoms with Crippen LogP contribution < -0.4 is 19.6 Å². The SMILES string of the molecule is CCOc1ccc(/C=C/c2nc3s/c(=C\c4cn(-c5ccccc5)nc4-c4ccc(OCC)c(Cl)c4)c(=O)n3n2)cc1. The van der Waals surface area contributed by atoms with Gasteiger partial charge >= 0.3 is 0 Å². The summed E-state index contributed by atoms with van der Waals surface area (Å²) in [5, 5.41) is 9.77. The molecule has 0 bridgehead atoms. The molecule has 0 amide bonds. The quantitative estimate of drug-likeness (QED) is 0.199. The summed E-state index contributed by atoms with van der Waals surface area (Å²) in [7, 11) is 0. The Balaban J connectivity index is 1.36. The molecule has 0 saturated heterocycles. The van der Waals surface area contributed by atoms with Gasteiger partial charge in [0.25, 0.3) is 5.56 Å². The lowest BCUT2D eigenvalue weighted by Crippen LogP contribution is -2.23. The van der Waals surface area contributed by atoms with E-state index in [4.69, 9.17) is 26.2 Å². The third-order valence-corrected chi connectivity index (χ3v) is 7.62. The first-order valence-electron chi connectivity index (χ1n) is 13.4. The van der Waals surface area contributed by atoms with Gasteiger partial charge in [-0.3, -0.25) is 4.79 Å². The van der Waals surface area contributed by atoms with Crippen molar-refractivity contribution in [2.45, 2.75) is 13.8 Å². The van der Waals surface area contributed by atoms with E-state index in [0.717, 1.165) is 28.1 Å². The largest absolute Gasteiger partial charge is 0.494 e. The fourth-order valence-electron chi connectivity index (χ4n) is 4.42. The molecule has 8 nitrogen and oxygen atoms in total. The molecule has 0 aliphatic heterocycles. The maximum atomic E-state index is 13.4. The van der Waals surface area contributed by atoms with Crippen LogP contribution in [-0.4, -0.2) is 37.6 Å². The zero-order chi connectivity index (χ0) is 29.1. The highest BCUT2D eigenvalue weighted by Gasteiger charge is 2.15. The highest BCUT2D eigenvalue weighted by atomic mass is 35.5. The standard InChI is InChI=1S/C32H26ClN5O3S/c1-3-40-25-14-10-21(11-15-25)12-17-29-34-32-38(35-29)31(39)28(42-32)19-23-20-37(24-8-6-5-7-9-24)36-30(23)22-13-16-27(41-4-2)26(33)18-22/h5-20H,3-4H2,1-2H3/b17-12+,28-19-. The molecule has 0 aliphatic rings. The number of halogens is 1. The van der Waals surface area contributed by atoms with Gasteiger partial charge in [-0.2, -0.15) is 14.6 Å². The molecular formula is C32H26ClN5O3S. The summed E-state index contributed by atoms with van der Waals surface area (Å²) in [4.78, 5) is 18.4. The lowest BCUT2D eigenvalue weighted by atomic mass is 10.1.